The van der Waals surface area contributed by atoms with Gasteiger partial charge >= 0.3 is 0 Å². The summed E-state index contributed by atoms with van der Waals surface area (Å²) in [4.78, 5) is 37.1. The third-order valence-corrected chi connectivity index (χ3v) is 4.17. The van der Waals surface area contributed by atoms with E-state index in [1.54, 1.807) is 41.3 Å². The highest BCUT2D eigenvalue weighted by Crippen LogP contribution is 2.29. The van der Waals surface area contributed by atoms with Crippen molar-refractivity contribution in [3.8, 4) is 5.75 Å². The van der Waals surface area contributed by atoms with E-state index in [4.69, 9.17) is 4.74 Å². The summed E-state index contributed by atoms with van der Waals surface area (Å²) in [7, 11) is 0. The summed E-state index contributed by atoms with van der Waals surface area (Å²) in [6.45, 7) is 1.98. The molecule has 1 fully saturated rings. The van der Waals surface area contributed by atoms with E-state index in [0.29, 0.717) is 35.7 Å². The van der Waals surface area contributed by atoms with Crippen molar-refractivity contribution in [2.45, 2.75) is 19.8 Å². The molecule has 6 heteroatoms. The van der Waals surface area contributed by atoms with Crippen molar-refractivity contribution in [1.82, 2.24) is 0 Å². The number of hydrogen-bond acceptors (Lipinski definition) is 4. The van der Waals surface area contributed by atoms with E-state index in [-0.39, 0.29) is 24.2 Å². The van der Waals surface area contributed by atoms with Crippen molar-refractivity contribution in [1.29, 1.82) is 0 Å². The smallest absolute Gasteiger partial charge is 0.262 e. The van der Waals surface area contributed by atoms with Crippen LogP contribution in [0.2, 0.25) is 0 Å². The first kappa shape index (κ1) is 17.7. The monoisotopic (exact) mass is 352 g/mol. The molecule has 134 valence electrons. The first-order valence-corrected chi connectivity index (χ1v) is 8.47. The normalized spacial score (nSPS) is 13.6. The van der Waals surface area contributed by atoms with E-state index in [1.165, 1.54) is 6.92 Å². The van der Waals surface area contributed by atoms with Gasteiger partial charge in [0.1, 0.15) is 5.75 Å². The van der Waals surface area contributed by atoms with E-state index in [9.17, 15) is 14.4 Å². The minimum atomic E-state index is -0.320. The lowest BCUT2D eigenvalue weighted by Crippen LogP contribution is -2.26. The van der Waals surface area contributed by atoms with Gasteiger partial charge in [-0.25, -0.2) is 0 Å². The molecule has 2 aromatic rings. The van der Waals surface area contributed by atoms with Gasteiger partial charge in [-0.1, -0.05) is 12.1 Å². The second kappa shape index (κ2) is 7.82. The van der Waals surface area contributed by atoms with Gasteiger partial charge in [-0.3, -0.25) is 14.4 Å². The van der Waals surface area contributed by atoms with Gasteiger partial charge in [-0.2, -0.15) is 0 Å². The van der Waals surface area contributed by atoms with E-state index >= 15 is 0 Å². The number of benzene rings is 2. The number of para-hydroxylation sites is 2. The van der Waals surface area contributed by atoms with Gasteiger partial charge < -0.3 is 15.0 Å². The zero-order valence-corrected chi connectivity index (χ0v) is 14.5. The lowest BCUT2D eigenvalue weighted by Gasteiger charge is -2.20. The zero-order valence-electron chi connectivity index (χ0n) is 14.5. The summed E-state index contributed by atoms with van der Waals surface area (Å²) in [5, 5.41) is 2.80. The highest BCUT2D eigenvalue weighted by Gasteiger charge is 2.24. The minimum absolute atomic E-state index is 0.0256. The largest absolute Gasteiger partial charge is 0.484 e. The van der Waals surface area contributed by atoms with Crippen LogP contribution in [0.1, 0.15) is 30.1 Å². The molecule has 0 unspecified atom stereocenters. The molecule has 1 N–H and O–H groups in total. The summed E-state index contributed by atoms with van der Waals surface area (Å²) >= 11 is 0. The number of carbonyl (C=O) groups is 3. The van der Waals surface area contributed by atoms with E-state index in [2.05, 4.69) is 5.32 Å². The number of nitrogens with zero attached hydrogens (tertiary/aromatic N) is 1. The van der Waals surface area contributed by atoms with E-state index < -0.39 is 0 Å². The summed E-state index contributed by atoms with van der Waals surface area (Å²) in [6.07, 6.45) is 1.35. The van der Waals surface area contributed by atoms with Gasteiger partial charge in [0.2, 0.25) is 5.91 Å². The third kappa shape index (κ3) is 4.08. The predicted octanol–water partition coefficient (Wildman–Crippen LogP) is 3.03. The van der Waals surface area contributed by atoms with Crippen LogP contribution >= 0.6 is 0 Å². The lowest BCUT2D eigenvalue weighted by molar-refractivity contribution is -0.118. The molecule has 0 atom stereocenters. The Hall–Kier alpha value is -3.15. The van der Waals surface area contributed by atoms with Gasteiger partial charge in [0.15, 0.2) is 12.4 Å². The number of ketones is 1. The molecule has 1 heterocycles. The molecule has 0 radical (unpaired) electrons. The standard InChI is InChI=1S/C20H20N2O4/c1-14(23)15-8-10-16(11-9-15)26-13-19(24)21-17-5-2-3-6-18(17)22-12-4-7-20(22)25/h2-3,5-6,8-11H,4,7,12-13H2,1H3,(H,21,24). The average Bonchev–Trinajstić information content (AvgIpc) is 3.06. The molecule has 6 nitrogen and oxygen atoms in total. The van der Waals surface area contributed by atoms with Crippen molar-refractivity contribution < 1.29 is 19.1 Å². The van der Waals surface area contributed by atoms with Crippen molar-refractivity contribution in [2.24, 2.45) is 0 Å². The van der Waals surface area contributed by atoms with Crippen LogP contribution in [-0.4, -0.2) is 30.7 Å². The van der Waals surface area contributed by atoms with Crippen LogP contribution in [0, 0.1) is 0 Å². The number of ether oxygens (including phenoxy) is 1. The summed E-state index contributed by atoms with van der Waals surface area (Å²) in [5.74, 6) is 0.226. The van der Waals surface area contributed by atoms with Gasteiger partial charge in [-0.15, -0.1) is 0 Å². The summed E-state index contributed by atoms with van der Waals surface area (Å²) in [5.41, 5.74) is 1.88. The maximum atomic E-state index is 12.2. The molecule has 0 aromatic heterocycles. The molecule has 2 aromatic carbocycles. The molecule has 0 bridgehead atoms. The molecule has 3 rings (SSSR count). The molecule has 0 spiro atoms. The Balaban J connectivity index is 1.62. The molecule has 1 aliphatic rings. The second-order valence-electron chi connectivity index (χ2n) is 6.08. The molecule has 1 aliphatic heterocycles. The Morgan fingerprint density at radius 2 is 1.85 bits per heavy atom. The maximum Gasteiger partial charge on any atom is 0.262 e. The molecule has 26 heavy (non-hydrogen) atoms. The van der Waals surface area contributed by atoms with Crippen LogP contribution in [0.25, 0.3) is 0 Å². The average molecular weight is 352 g/mol. The number of hydrogen-bond donors (Lipinski definition) is 1. The maximum absolute atomic E-state index is 12.2. The van der Waals surface area contributed by atoms with Crippen LogP contribution in [0.4, 0.5) is 11.4 Å². The SMILES string of the molecule is CC(=O)c1ccc(OCC(=O)Nc2ccccc2N2CCCC2=O)cc1. The number of nitrogens with one attached hydrogen (secondary N) is 1. The topological polar surface area (TPSA) is 75.7 Å². The fraction of sp³-hybridized carbons (Fsp3) is 0.250. The fourth-order valence-corrected chi connectivity index (χ4v) is 2.84. The highest BCUT2D eigenvalue weighted by atomic mass is 16.5. The molecule has 1 saturated heterocycles. The Kier molecular flexibility index (Phi) is 5.31. The number of carbonyl (C=O) groups excluding carboxylic acids is 3. The Morgan fingerprint density at radius 1 is 1.12 bits per heavy atom. The van der Waals surface area contributed by atoms with Crippen molar-refractivity contribution in [2.75, 3.05) is 23.4 Å². The number of anilines is 2. The quantitative estimate of drug-likeness (QED) is 0.811. The lowest BCUT2D eigenvalue weighted by atomic mass is 10.1. The number of amides is 2. The van der Waals surface area contributed by atoms with Crippen LogP contribution in [0.3, 0.4) is 0 Å². The van der Waals surface area contributed by atoms with Gasteiger partial charge in [0.05, 0.1) is 11.4 Å². The Morgan fingerprint density at radius 3 is 2.50 bits per heavy atom. The zero-order chi connectivity index (χ0) is 18.5. The molecule has 2 amide bonds. The van der Waals surface area contributed by atoms with Crippen LogP contribution in [0.5, 0.6) is 5.75 Å². The van der Waals surface area contributed by atoms with E-state index in [1.807, 2.05) is 12.1 Å². The third-order valence-electron chi connectivity index (χ3n) is 4.17. The summed E-state index contributed by atoms with van der Waals surface area (Å²) in [6, 6.07) is 13.8. The van der Waals surface area contributed by atoms with Gasteiger partial charge in [0, 0.05) is 18.5 Å². The van der Waals surface area contributed by atoms with Gasteiger partial charge in [-0.05, 0) is 49.7 Å². The Bertz CT molecular complexity index is 830. The number of rotatable bonds is 6. The number of Topliss-reactive ketones (excluding diaryl/α,β-unsaturated/α-hetero) is 1. The predicted molar refractivity (Wildman–Crippen MR) is 98.6 cm³/mol. The van der Waals surface area contributed by atoms with Crippen LogP contribution in [0.15, 0.2) is 48.5 Å². The van der Waals surface area contributed by atoms with E-state index in [0.717, 1.165) is 6.42 Å². The highest BCUT2D eigenvalue weighted by molar-refractivity contribution is 6.02. The second-order valence-corrected chi connectivity index (χ2v) is 6.08. The molecule has 0 saturated carbocycles. The summed E-state index contributed by atoms with van der Waals surface area (Å²) < 4.78 is 5.46. The molecular weight excluding hydrogens is 332 g/mol. The Labute approximate surface area is 151 Å². The minimum Gasteiger partial charge on any atom is -0.484 e. The van der Waals surface area contributed by atoms with Crippen LogP contribution < -0.4 is 15.0 Å². The van der Waals surface area contributed by atoms with Crippen molar-refractivity contribution in [3.63, 3.8) is 0 Å². The van der Waals surface area contributed by atoms with Gasteiger partial charge in [0.25, 0.3) is 5.91 Å². The van der Waals surface area contributed by atoms with Crippen LogP contribution in [-0.2, 0) is 9.59 Å². The first-order chi connectivity index (χ1) is 12.5. The van der Waals surface area contributed by atoms with Crippen molar-refractivity contribution >= 4 is 29.0 Å². The first-order valence-electron chi connectivity index (χ1n) is 8.47. The fourth-order valence-electron chi connectivity index (χ4n) is 2.84. The molecular formula is C20H20N2O4. The van der Waals surface area contributed by atoms with Crippen molar-refractivity contribution in [3.05, 3.63) is 54.1 Å². The molecule has 0 aliphatic carbocycles.